The number of aromatic nitrogens is 1. The van der Waals surface area contributed by atoms with Crippen LogP contribution in [0.2, 0.25) is 5.02 Å². The van der Waals surface area contributed by atoms with Crippen molar-refractivity contribution in [1.82, 2.24) is 9.88 Å². The number of hydrogen-bond donors (Lipinski definition) is 1. The molecule has 3 aromatic rings. The van der Waals surface area contributed by atoms with Crippen LogP contribution in [0.5, 0.6) is 11.6 Å². The average Bonchev–Trinajstić information content (AvgIpc) is 3.02. The summed E-state index contributed by atoms with van der Waals surface area (Å²) in [5, 5.41) is 21.4. The van der Waals surface area contributed by atoms with E-state index in [4.69, 9.17) is 16.3 Å². The van der Waals surface area contributed by atoms with Crippen LogP contribution in [0.25, 0.3) is 5.57 Å². The molecule has 1 fully saturated rings. The first-order chi connectivity index (χ1) is 16.6. The third kappa shape index (κ3) is 4.58. The molecule has 5 rings (SSSR count). The molecule has 0 atom stereocenters. The Hall–Kier alpha value is -3.17. The van der Waals surface area contributed by atoms with Crippen molar-refractivity contribution in [3.8, 4) is 17.7 Å². The van der Waals surface area contributed by atoms with Crippen LogP contribution in [0, 0.1) is 11.3 Å². The second kappa shape index (κ2) is 9.60. The summed E-state index contributed by atoms with van der Waals surface area (Å²) in [6, 6.07) is 19.3. The topological polar surface area (TPSA) is 69.4 Å². The molecule has 0 bridgehead atoms. The number of benzene rings is 2. The van der Waals surface area contributed by atoms with Crippen molar-refractivity contribution in [1.29, 1.82) is 5.26 Å². The molecular formula is C28H26ClN3O2. The number of allylic oxidation sites excluding steroid dienone is 1. The number of nitriles is 1. The Morgan fingerprint density at radius 3 is 2.68 bits per heavy atom. The minimum absolute atomic E-state index is 0.577. The molecule has 2 aromatic carbocycles. The lowest BCUT2D eigenvalue weighted by Gasteiger charge is -2.38. The number of hydrogen-bond acceptors (Lipinski definition) is 5. The van der Waals surface area contributed by atoms with Crippen LogP contribution in [0.4, 0.5) is 0 Å². The first kappa shape index (κ1) is 22.6. The fourth-order valence-electron chi connectivity index (χ4n) is 4.85. The molecule has 0 amide bonds. The molecule has 0 aliphatic carbocycles. The molecular weight excluding hydrogens is 446 g/mol. The van der Waals surface area contributed by atoms with Gasteiger partial charge in [-0.2, -0.15) is 5.26 Å². The summed E-state index contributed by atoms with van der Waals surface area (Å²) in [5.41, 5.74) is 3.78. The zero-order valence-corrected chi connectivity index (χ0v) is 19.6. The molecule has 1 N–H and O–H groups in total. The molecule has 0 unspecified atom stereocenters. The summed E-state index contributed by atoms with van der Waals surface area (Å²) in [4.78, 5) is 6.84. The monoisotopic (exact) mass is 471 g/mol. The molecule has 5 nitrogen and oxygen atoms in total. The maximum absolute atomic E-state index is 11.1. The number of aliphatic hydroxyl groups is 1. The number of likely N-dealkylation sites (tertiary alicyclic amines) is 1. The minimum atomic E-state index is -0.791. The lowest BCUT2D eigenvalue weighted by atomic mass is 9.84. The van der Waals surface area contributed by atoms with E-state index in [0.29, 0.717) is 41.5 Å². The number of halogens is 1. The second-order valence-corrected chi connectivity index (χ2v) is 9.36. The predicted octanol–water partition coefficient (Wildman–Crippen LogP) is 5.71. The van der Waals surface area contributed by atoms with Gasteiger partial charge in [-0.15, -0.1) is 0 Å². The van der Waals surface area contributed by atoms with Crippen molar-refractivity contribution < 1.29 is 9.84 Å². The van der Waals surface area contributed by atoms with Gasteiger partial charge in [0.2, 0.25) is 5.88 Å². The zero-order chi connectivity index (χ0) is 23.5. The molecule has 3 heterocycles. The van der Waals surface area contributed by atoms with Gasteiger partial charge in [-0.25, -0.2) is 4.98 Å². The Labute approximate surface area is 204 Å². The normalized spacial score (nSPS) is 18.3. The summed E-state index contributed by atoms with van der Waals surface area (Å²) in [7, 11) is 0. The van der Waals surface area contributed by atoms with Gasteiger partial charge in [0.1, 0.15) is 5.75 Å². The summed E-state index contributed by atoms with van der Waals surface area (Å²) in [6.07, 6.45) is 6.87. The quantitative estimate of drug-likeness (QED) is 0.527. The van der Waals surface area contributed by atoms with Crippen molar-refractivity contribution in [3.05, 3.63) is 94.1 Å². The molecule has 1 saturated heterocycles. The summed E-state index contributed by atoms with van der Waals surface area (Å²) in [6.45, 7) is 2.58. The van der Waals surface area contributed by atoms with Crippen LogP contribution in [0.1, 0.15) is 41.5 Å². The van der Waals surface area contributed by atoms with Crippen LogP contribution in [0.15, 0.2) is 66.9 Å². The van der Waals surface area contributed by atoms with E-state index in [2.05, 4.69) is 22.0 Å². The van der Waals surface area contributed by atoms with E-state index in [-0.39, 0.29) is 0 Å². The Balaban J connectivity index is 1.29. The van der Waals surface area contributed by atoms with Gasteiger partial charge >= 0.3 is 0 Å². The highest BCUT2D eigenvalue weighted by molar-refractivity contribution is 6.30. The van der Waals surface area contributed by atoms with Gasteiger partial charge in [0.15, 0.2) is 0 Å². The smallest absolute Gasteiger partial charge is 0.226 e. The molecule has 6 heteroatoms. The van der Waals surface area contributed by atoms with E-state index in [9.17, 15) is 10.4 Å². The Kier molecular flexibility index (Phi) is 6.38. The maximum atomic E-state index is 11.1. The fourth-order valence-corrected chi connectivity index (χ4v) is 4.98. The molecule has 0 spiro atoms. The van der Waals surface area contributed by atoms with Gasteiger partial charge in [-0.3, -0.25) is 0 Å². The van der Waals surface area contributed by atoms with Gasteiger partial charge in [0, 0.05) is 48.4 Å². The third-order valence-electron chi connectivity index (χ3n) is 6.85. The molecule has 172 valence electrons. The zero-order valence-electron chi connectivity index (χ0n) is 18.9. The highest BCUT2D eigenvalue weighted by Gasteiger charge is 2.33. The van der Waals surface area contributed by atoms with Gasteiger partial charge in [0.05, 0.1) is 17.2 Å². The van der Waals surface area contributed by atoms with E-state index in [1.165, 1.54) is 0 Å². The van der Waals surface area contributed by atoms with Gasteiger partial charge in [-0.05, 0) is 66.8 Å². The predicted molar refractivity (Wildman–Crippen MR) is 133 cm³/mol. The number of rotatable bonds is 4. The average molecular weight is 472 g/mol. The second-order valence-electron chi connectivity index (χ2n) is 8.93. The van der Waals surface area contributed by atoms with Crippen molar-refractivity contribution in [2.75, 3.05) is 19.6 Å². The van der Waals surface area contributed by atoms with Gasteiger partial charge in [-0.1, -0.05) is 35.9 Å². The summed E-state index contributed by atoms with van der Waals surface area (Å²) >= 11 is 6.00. The van der Waals surface area contributed by atoms with Crippen LogP contribution in [0.3, 0.4) is 0 Å². The van der Waals surface area contributed by atoms with E-state index < -0.39 is 5.60 Å². The van der Waals surface area contributed by atoms with Crippen molar-refractivity contribution >= 4 is 17.2 Å². The van der Waals surface area contributed by atoms with Gasteiger partial charge < -0.3 is 14.7 Å². The highest BCUT2D eigenvalue weighted by Crippen LogP contribution is 2.39. The number of piperidine rings is 1. The Morgan fingerprint density at radius 2 is 1.91 bits per heavy atom. The molecule has 0 saturated carbocycles. The van der Waals surface area contributed by atoms with E-state index in [0.717, 1.165) is 48.3 Å². The SMILES string of the molecule is N#Cc1cccc2c1C/C(=C/CCN1CCC(O)(c3ccc(Cl)cc3)CC1)c1cccnc1O2. The van der Waals surface area contributed by atoms with Crippen LogP contribution < -0.4 is 4.74 Å². The van der Waals surface area contributed by atoms with Crippen molar-refractivity contribution in [2.45, 2.75) is 31.3 Å². The standard InChI is InChI=1S/C28H26ClN3O2/c29-23-10-8-22(9-11-23)28(33)12-16-32(17-13-28)15-3-5-20-18-25-21(19-30)4-1-7-26(25)34-27-24(20)6-2-14-31-27/h1-2,4-11,14,33H,3,12-13,15-18H2/b20-5-. The molecule has 34 heavy (non-hydrogen) atoms. The number of nitrogens with zero attached hydrogens (tertiary/aromatic N) is 3. The first-order valence-corrected chi connectivity index (χ1v) is 12.0. The summed E-state index contributed by atoms with van der Waals surface area (Å²) < 4.78 is 6.09. The lowest BCUT2D eigenvalue weighted by molar-refractivity contribution is -0.0254. The van der Waals surface area contributed by atoms with E-state index >= 15 is 0 Å². The van der Waals surface area contributed by atoms with E-state index in [1.54, 1.807) is 6.20 Å². The molecule has 1 aromatic heterocycles. The third-order valence-corrected chi connectivity index (χ3v) is 7.10. The van der Waals surface area contributed by atoms with Gasteiger partial charge in [0.25, 0.3) is 0 Å². The first-order valence-electron chi connectivity index (χ1n) is 11.6. The van der Waals surface area contributed by atoms with Crippen molar-refractivity contribution in [2.24, 2.45) is 0 Å². The number of ether oxygens (including phenoxy) is 1. The highest BCUT2D eigenvalue weighted by atomic mass is 35.5. The fraction of sp³-hybridized carbons (Fsp3) is 0.286. The van der Waals surface area contributed by atoms with Crippen molar-refractivity contribution in [3.63, 3.8) is 0 Å². The largest absolute Gasteiger partial charge is 0.438 e. The molecule has 0 radical (unpaired) electrons. The maximum Gasteiger partial charge on any atom is 0.226 e. The van der Waals surface area contributed by atoms with Crippen LogP contribution in [-0.2, 0) is 12.0 Å². The Bertz CT molecular complexity index is 1260. The Morgan fingerprint density at radius 1 is 1.12 bits per heavy atom. The van der Waals surface area contributed by atoms with Crippen LogP contribution >= 0.6 is 11.6 Å². The number of pyridine rings is 1. The summed E-state index contributed by atoms with van der Waals surface area (Å²) in [5.74, 6) is 1.27. The van der Waals surface area contributed by atoms with E-state index in [1.807, 2.05) is 54.6 Å². The van der Waals surface area contributed by atoms with Crippen LogP contribution in [-0.4, -0.2) is 34.6 Å². The molecule has 2 aliphatic rings. The number of fused-ring (bicyclic) bond motifs is 2. The lowest BCUT2D eigenvalue weighted by Crippen LogP contribution is -2.42. The molecule has 2 aliphatic heterocycles. The minimum Gasteiger partial charge on any atom is -0.438 e.